The first-order valence-corrected chi connectivity index (χ1v) is 8.45. The van der Waals surface area contributed by atoms with Crippen LogP contribution < -0.4 is 16.0 Å². The van der Waals surface area contributed by atoms with Gasteiger partial charge in [-0.15, -0.1) is 0 Å². The van der Waals surface area contributed by atoms with E-state index in [1.54, 1.807) is 18.2 Å². The number of aryl methyl sites for hydroxylation is 1. The first kappa shape index (κ1) is 17.2. The third-order valence-electron chi connectivity index (χ3n) is 4.17. The zero-order valence-electron chi connectivity index (χ0n) is 14.7. The van der Waals surface area contributed by atoms with Crippen LogP contribution in [0.3, 0.4) is 0 Å². The number of aromatic nitrogens is 2. The Morgan fingerprint density at radius 3 is 2.76 bits per heavy atom. The third kappa shape index (κ3) is 3.71. The fourth-order valence-electron chi connectivity index (χ4n) is 2.94. The van der Waals surface area contributed by atoms with Crippen LogP contribution in [0, 0.1) is 6.92 Å². The normalized spacial score (nSPS) is 13.4. The zero-order chi connectivity index (χ0) is 18.0. The molecule has 3 rings (SSSR count). The van der Waals surface area contributed by atoms with Crippen molar-refractivity contribution in [3.05, 3.63) is 46.3 Å². The maximum atomic E-state index is 12.5. The second-order valence-electron chi connectivity index (χ2n) is 6.57. The average molecular weight is 341 g/mol. The summed E-state index contributed by atoms with van der Waals surface area (Å²) in [6.45, 7) is 7.21. The van der Waals surface area contributed by atoms with Crippen molar-refractivity contribution in [1.82, 2.24) is 20.8 Å². The number of H-pyrrole nitrogens is 1. The number of carbonyl (C=O) groups excluding carboxylic acids is 2. The Morgan fingerprint density at radius 2 is 2.04 bits per heavy atom. The number of nitrogens with one attached hydrogen (secondary N) is 4. The van der Waals surface area contributed by atoms with Crippen LogP contribution in [-0.4, -0.2) is 34.6 Å². The highest BCUT2D eigenvalue weighted by molar-refractivity contribution is 6.04. The highest BCUT2D eigenvalue weighted by Crippen LogP contribution is 2.19. The van der Waals surface area contributed by atoms with Crippen molar-refractivity contribution in [3.63, 3.8) is 0 Å². The Bertz CT molecular complexity index is 810. The molecular formula is C18H23N5O2. The fourth-order valence-corrected chi connectivity index (χ4v) is 2.94. The molecule has 2 amide bonds. The number of aromatic amines is 1. The SMILES string of the molecule is Cc1cc(NC(=O)c2n[nH]c3c2CNCC3)ccc1C(=O)NC(C)C. The summed E-state index contributed by atoms with van der Waals surface area (Å²) in [5.74, 6) is -0.363. The molecule has 0 radical (unpaired) electrons. The van der Waals surface area contributed by atoms with Gasteiger partial charge in [0, 0.05) is 48.1 Å². The van der Waals surface area contributed by atoms with Crippen LogP contribution in [0.4, 0.5) is 5.69 Å². The first-order valence-electron chi connectivity index (χ1n) is 8.45. The fraction of sp³-hybridized carbons (Fsp3) is 0.389. The third-order valence-corrected chi connectivity index (χ3v) is 4.17. The highest BCUT2D eigenvalue weighted by atomic mass is 16.2. The van der Waals surface area contributed by atoms with Gasteiger partial charge in [-0.05, 0) is 44.5 Å². The van der Waals surface area contributed by atoms with Crippen molar-refractivity contribution in [1.29, 1.82) is 0 Å². The second-order valence-corrected chi connectivity index (χ2v) is 6.57. The lowest BCUT2D eigenvalue weighted by Gasteiger charge is -2.14. The number of nitrogens with zero attached hydrogens (tertiary/aromatic N) is 1. The van der Waals surface area contributed by atoms with Crippen LogP contribution in [0.25, 0.3) is 0 Å². The molecule has 7 heteroatoms. The van der Waals surface area contributed by atoms with E-state index >= 15 is 0 Å². The topological polar surface area (TPSA) is 98.9 Å². The molecule has 0 saturated carbocycles. The number of hydrogen-bond acceptors (Lipinski definition) is 4. The van der Waals surface area contributed by atoms with E-state index in [9.17, 15) is 9.59 Å². The van der Waals surface area contributed by atoms with E-state index in [1.807, 2.05) is 20.8 Å². The van der Waals surface area contributed by atoms with Crippen LogP contribution in [0.2, 0.25) is 0 Å². The van der Waals surface area contributed by atoms with E-state index < -0.39 is 0 Å². The van der Waals surface area contributed by atoms with E-state index in [0.29, 0.717) is 23.5 Å². The lowest BCUT2D eigenvalue weighted by atomic mass is 10.1. The van der Waals surface area contributed by atoms with Gasteiger partial charge in [-0.1, -0.05) is 0 Å². The zero-order valence-corrected chi connectivity index (χ0v) is 14.7. The number of hydrogen-bond donors (Lipinski definition) is 4. The van der Waals surface area contributed by atoms with Crippen LogP contribution >= 0.6 is 0 Å². The summed E-state index contributed by atoms with van der Waals surface area (Å²) in [5.41, 5.74) is 4.41. The summed E-state index contributed by atoms with van der Waals surface area (Å²) in [5, 5.41) is 16.1. The maximum Gasteiger partial charge on any atom is 0.276 e. The molecule has 4 N–H and O–H groups in total. The van der Waals surface area contributed by atoms with Gasteiger partial charge in [-0.25, -0.2) is 0 Å². The molecule has 1 aromatic heterocycles. The van der Waals surface area contributed by atoms with Crippen molar-refractivity contribution in [2.24, 2.45) is 0 Å². The Hall–Kier alpha value is -2.67. The second kappa shape index (κ2) is 7.06. The molecule has 132 valence electrons. The summed E-state index contributed by atoms with van der Waals surface area (Å²) in [6.07, 6.45) is 0.842. The minimum Gasteiger partial charge on any atom is -0.350 e. The number of amides is 2. The van der Waals surface area contributed by atoms with Crippen molar-refractivity contribution in [2.45, 2.75) is 39.8 Å². The van der Waals surface area contributed by atoms with Crippen molar-refractivity contribution < 1.29 is 9.59 Å². The van der Waals surface area contributed by atoms with E-state index in [1.165, 1.54) is 0 Å². The molecule has 2 aromatic rings. The Kier molecular flexibility index (Phi) is 4.85. The minimum atomic E-state index is -0.250. The summed E-state index contributed by atoms with van der Waals surface area (Å²) < 4.78 is 0. The minimum absolute atomic E-state index is 0.0748. The van der Waals surface area contributed by atoms with E-state index in [4.69, 9.17) is 0 Å². The van der Waals surface area contributed by atoms with Crippen LogP contribution in [0.5, 0.6) is 0 Å². The van der Waals surface area contributed by atoms with Gasteiger partial charge in [0.1, 0.15) is 0 Å². The van der Waals surface area contributed by atoms with E-state index in [2.05, 4.69) is 26.1 Å². The van der Waals surface area contributed by atoms with Crippen LogP contribution in [0.1, 0.15) is 51.5 Å². The highest BCUT2D eigenvalue weighted by Gasteiger charge is 2.21. The average Bonchev–Trinajstić information content (AvgIpc) is 2.98. The summed E-state index contributed by atoms with van der Waals surface area (Å²) >= 11 is 0. The molecule has 7 nitrogen and oxygen atoms in total. The Balaban J connectivity index is 1.75. The number of fused-ring (bicyclic) bond motifs is 1. The van der Waals surface area contributed by atoms with Crippen molar-refractivity contribution in [3.8, 4) is 0 Å². The van der Waals surface area contributed by atoms with Gasteiger partial charge in [0.2, 0.25) is 0 Å². The molecule has 0 fully saturated rings. The Labute approximate surface area is 146 Å². The molecule has 2 heterocycles. The number of benzene rings is 1. The first-order chi connectivity index (χ1) is 12.0. The summed E-state index contributed by atoms with van der Waals surface area (Å²) in [6, 6.07) is 5.33. The molecule has 0 saturated heterocycles. The van der Waals surface area contributed by atoms with Gasteiger partial charge in [-0.2, -0.15) is 5.10 Å². The molecule has 0 spiro atoms. The van der Waals surface area contributed by atoms with E-state index in [-0.39, 0.29) is 17.9 Å². The van der Waals surface area contributed by atoms with Gasteiger partial charge in [0.05, 0.1) is 0 Å². The monoisotopic (exact) mass is 341 g/mol. The van der Waals surface area contributed by atoms with Gasteiger partial charge >= 0.3 is 0 Å². The standard InChI is InChI=1S/C18H23N5O2/c1-10(2)20-17(24)13-5-4-12(8-11(13)3)21-18(25)16-14-9-19-7-6-15(14)22-23-16/h4-5,8,10,19H,6-7,9H2,1-3H3,(H,20,24)(H,21,25)(H,22,23). The number of anilines is 1. The van der Waals surface area contributed by atoms with Gasteiger partial charge < -0.3 is 16.0 Å². The number of rotatable bonds is 4. The smallest absolute Gasteiger partial charge is 0.276 e. The molecular weight excluding hydrogens is 318 g/mol. The lowest BCUT2D eigenvalue weighted by Crippen LogP contribution is -2.30. The molecule has 25 heavy (non-hydrogen) atoms. The quantitative estimate of drug-likeness (QED) is 0.681. The van der Waals surface area contributed by atoms with Gasteiger partial charge in [0.15, 0.2) is 5.69 Å². The molecule has 0 unspecified atom stereocenters. The number of carbonyl (C=O) groups is 2. The predicted octanol–water partition coefficient (Wildman–Crippen LogP) is 1.75. The molecule has 1 aliphatic heterocycles. The van der Waals surface area contributed by atoms with Crippen LogP contribution in [0.15, 0.2) is 18.2 Å². The largest absolute Gasteiger partial charge is 0.350 e. The lowest BCUT2D eigenvalue weighted by molar-refractivity contribution is 0.0942. The molecule has 0 bridgehead atoms. The van der Waals surface area contributed by atoms with Crippen molar-refractivity contribution in [2.75, 3.05) is 11.9 Å². The summed E-state index contributed by atoms with van der Waals surface area (Å²) in [4.78, 5) is 24.7. The van der Waals surface area contributed by atoms with Crippen molar-refractivity contribution >= 4 is 17.5 Å². The molecule has 1 aromatic carbocycles. The van der Waals surface area contributed by atoms with Gasteiger partial charge in [0.25, 0.3) is 11.8 Å². The molecule has 0 atom stereocenters. The molecule has 0 aliphatic carbocycles. The van der Waals surface area contributed by atoms with E-state index in [0.717, 1.165) is 29.8 Å². The summed E-state index contributed by atoms with van der Waals surface area (Å²) in [7, 11) is 0. The molecule has 1 aliphatic rings. The van der Waals surface area contributed by atoms with Crippen LogP contribution in [-0.2, 0) is 13.0 Å². The Morgan fingerprint density at radius 1 is 1.24 bits per heavy atom. The van der Waals surface area contributed by atoms with Gasteiger partial charge in [-0.3, -0.25) is 14.7 Å². The predicted molar refractivity (Wildman–Crippen MR) is 95.7 cm³/mol. The maximum absolute atomic E-state index is 12.5.